The smallest absolute Gasteiger partial charge is 0.294 e. The number of hydrogen-bond donors (Lipinski definition) is 2. The molecule has 6 nitrogen and oxygen atoms in total. The van der Waals surface area contributed by atoms with Gasteiger partial charge in [0.1, 0.15) is 5.82 Å². The Kier molecular flexibility index (Phi) is 3.42. The highest BCUT2D eigenvalue weighted by atomic mass is 16.2. The van der Waals surface area contributed by atoms with Crippen LogP contribution in [0.1, 0.15) is 37.2 Å². The first-order chi connectivity index (χ1) is 8.13. The van der Waals surface area contributed by atoms with E-state index >= 15 is 0 Å². The number of carbonyl (C=O) groups is 1. The van der Waals surface area contributed by atoms with Gasteiger partial charge >= 0.3 is 0 Å². The maximum Gasteiger partial charge on any atom is 0.294 e. The largest absolute Gasteiger partial charge is 0.328 e. The van der Waals surface area contributed by atoms with Crippen LogP contribution < -0.4 is 5.32 Å². The number of aryl methyl sites for hydroxylation is 1. The molecule has 1 aliphatic rings. The van der Waals surface area contributed by atoms with Crippen molar-refractivity contribution in [2.24, 2.45) is 0 Å². The Morgan fingerprint density at radius 2 is 2.06 bits per heavy atom. The van der Waals surface area contributed by atoms with Crippen LogP contribution in [0, 0.1) is 0 Å². The number of amides is 1. The molecule has 1 amide bonds. The molecule has 2 unspecified atom stereocenters. The lowest BCUT2D eigenvalue weighted by Crippen LogP contribution is -2.57. The summed E-state index contributed by atoms with van der Waals surface area (Å²) in [6.07, 6.45) is 0.757. The number of nitrogens with one attached hydrogen (secondary N) is 2. The number of carbonyl (C=O) groups excluding carboxylic acids is 1. The first kappa shape index (κ1) is 12.0. The van der Waals surface area contributed by atoms with Gasteiger partial charge in [-0.1, -0.05) is 6.92 Å². The third-order valence-electron chi connectivity index (χ3n) is 3.12. The molecule has 0 aromatic carbocycles. The second kappa shape index (κ2) is 4.83. The molecule has 2 rings (SSSR count). The van der Waals surface area contributed by atoms with Crippen LogP contribution in [-0.4, -0.2) is 51.2 Å². The van der Waals surface area contributed by atoms with Crippen LogP contribution in [0.2, 0.25) is 0 Å². The van der Waals surface area contributed by atoms with Crippen LogP contribution in [0.15, 0.2) is 0 Å². The van der Waals surface area contributed by atoms with Crippen LogP contribution in [0.5, 0.6) is 0 Å². The topological polar surface area (TPSA) is 73.9 Å². The summed E-state index contributed by atoms with van der Waals surface area (Å²) < 4.78 is 0. The molecular formula is C11H19N5O. The van der Waals surface area contributed by atoms with Gasteiger partial charge in [-0.05, 0) is 13.8 Å². The minimum atomic E-state index is -0.0811. The molecule has 6 heteroatoms. The molecule has 2 N–H and O–H groups in total. The van der Waals surface area contributed by atoms with Crippen LogP contribution in [0.25, 0.3) is 0 Å². The van der Waals surface area contributed by atoms with E-state index in [0.29, 0.717) is 0 Å². The Morgan fingerprint density at radius 3 is 2.59 bits per heavy atom. The number of rotatable bonds is 2. The second-order valence-electron chi connectivity index (χ2n) is 4.53. The van der Waals surface area contributed by atoms with Crippen molar-refractivity contribution in [3.63, 3.8) is 0 Å². The molecule has 0 aliphatic carbocycles. The average Bonchev–Trinajstić information content (AvgIpc) is 2.77. The van der Waals surface area contributed by atoms with E-state index in [4.69, 9.17) is 0 Å². The highest BCUT2D eigenvalue weighted by molar-refractivity contribution is 5.91. The van der Waals surface area contributed by atoms with Gasteiger partial charge in [-0.15, -0.1) is 5.10 Å². The molecule has 2 atom stereocenters. The SMILES string of the molecule is CCc1nc(C(=O)N2C(C)CNCC2C)n[nH]1. The maximum atomic E-state index is 12.3. The predicted octanol–water partition coefficient (Wildman–Crippen LogP) is 0.190. The molecule has 0 saturated carbocycles. The Balaban J connectivity index is 2.17. The zero-order valence-corrected chi connectivity index (χ0v) is 10.5. The second-order valence-corrected chi connectivity index (χ2v) is 4.53. The van der Waals surface area contributed by atoms with Crippen molar-refractivity contribution < 1.29 is 4.79 Å². The van der Waals surface area contributed by atoms with Crippen molar-refractivity contribution in [1.29, 1.82) is 0 Å². The van der Waals surface area contributed by atoms with E-state index in [1.807, 2.05) is 25.7 Å². The van der Waals surface area contributed by atoms with E-state index in [0.717, 1.165) is 25.3 Å². The Hall–Kier alpha value is -1.43. The van der Waals surface area contributed by atoms with Crippen molar-refractivity contribution in [3.8, 4) is 0 Å². The first-order valence-electron chi connectivity index (χ1n) is 6.08. The fraction of sp³-hybridized carbons (Fsp3) is 0.727. The highest BCUT2D eigenvalue weighted by Gasteiger charge is 2.31. The third kappa shape index (κ3) is 2.31. The fourth-order valence-corrected chi connectivity index (χ4v) is 2.20. The molecule has 1 saturated heterocycles. The molecule has 1 aliphatic heterocycles. The van der Waals surface area contributed by atoms with Gasteiger partial charge in [0.05, 0.1) is 0 Å². The van der Waals surface area contributed by atoms with Crippen molar-refractivity contribution in [3.05, 3.63) is 11.6 Å². The molecule has 0 radical (unpaired) electrons. The van der Waals surface area contributed by atoms with E-state index in [1.165, 1.54) is 0 Å². The Labute approximate surface area is 101 Å². The van der Waals surface area contributed by atoms with E-state index in [2.05, 4.69) is 20.5 Å². The zero-order chi connectivity index (χ0) is 12.4. The van der Waals surface area contributed by atoms with Gasteiger partial charge in [-0.2, -0.15) is 0 Å². The summed E-state index contributed by atoms with van der Waals surface area (Å²) in [6, 6.07) is 0.352. The van der Waals surface area contributed by atoms with Gasteiger partial charge < -0.3 is 10.2 Å². The fourth-order valence-electron chi connectivity index (χ4n) is 2.20. The van der Waals surface area contributed by atoms with Crippen molar-refractivity contribution in [2.45, 2.75) is 39.3 Å². The van der Waals surface area contributed by atoms with Gasteiger partial charge in [0.25, 0.3) is 5.91 Å². The summed E-state index contributed by atoms with van der Waals surface area (Å²) >= 11 is 0. The van der Waals surface area contributed by atoms with E-state index in [-0.39, 0.29) is 23.8 Å². The highest BCUT2D eigenvalue weighted by Crippen LogP contribution is 2.12. The van der Waals surface area contributed by atoms with Crippen molar-refractivity contribution in [1.82, 2.24) is 25.4 Å². The molecule has 0 bridgehead atoms. The number of piperazine rings is 1. The van der Waals surface area contributed by atoms with Gasteiger partial charge in [-0.3, -0.25) is 9.89 Å². The lowest BCUT2D eigenvalue weighted by Gasteiger charge is -2.38. The van der Waals surface area contributed by atoms with Crippen LogP contribution >= 0.6 is 0 Å². The number of aromatic amines is 1. The van der Waals surface area contributed by atoms with Crippen molar-refractivity contribution in [2.75, 3.05) is 13.1 Å². The quantitative estimate of drug-likeness (QED) is 0.770. The minimum absolute atomic E-state index is 0.0811. The van der Waals surface area contributed by atoms with E-state index < -0.39 is 0 Å². The maximum absolute atomic E-state index is 12.3. The molecule has 1 fully saturated rings. The molecular weight excluding hydrogens is 218 g/mol. The van der Waals surface area contributed by atoms with Gasteiger partial charge in [0.15, 0.2) is 0 Å². The summed E-state index contributed by atoms with van der Waals surface area (Å²) in [5, 5.41) is 10.1. The van der Waals surface area contributed by atoms with E-state index in [1.54, 1.807) is 0 Å². The summed E-state index contributed by atoms with van der Waals surface area (Å²) in [5.41, 5.74) is 0. The monoisotopic (exact) mass is 237 g/mol. The molecule has 2 heterocycles. The van der Waals surface area contributed by atoms with E-state index in [9.17, 15) is 4.79 Å². The predicted molar refractivity (Wildman–Crippen MR) is 63.7 cm³/mol. The Bertz CT molecular complexity index is 392. The normalized spacial score (nSPS) is 25.0. The summed E-state index contributed by atoms with van der Waals surface area (Å²) in [5.74, 6) is 0.952. The number of hydrogen-bond acceptors (Lipinski definition) is 4. The molecule has 1 aromatic heterocycles. The van der Waals surface area contributed by atoms with Gasteiger partial charge in [-0.25, -0.2) is 4.98 Å². The molecule has 94 valence electrons. The molecule has 17 heavy (non-hydrogen) atoms. The Morgan fingerprint density at radius 1 is 1.41 bits per heavy atom. The zero-order valence-electron chi connectivity index (χ0n) is 10.5. The average molecular weight is 237 g/mol. The number of H-pyrrole nitrogens is 1. The number of nitrogens with zero attached hydrogens (tertiary/aromatic N) is 3. The van der Waals surface area contributed by atoms with Crippen LogP contribution in [0.3, 0.4) is 0 Å². The third-order valence-corrected chi connectivity index (χ3v) is 3.12. The standard InChI is InChI=1S/C11H19N5O/c1-4-9-13-10(15-14-9)11(17)16-7(2)5-12-6-8(16)3/h7-8,12H,4-6H2,1-3H3,(H,13,14,15). The summed E-state index contributed by atoms with van der Waals surface area (Å²) in [4.78, 5) is 18.4. The lowest BCUT2D eigenvalue weighted by atomic mass is 10.1. The molecule has 1 aromatic rings. The first-order valence-corrected chi connectivity index (χ1v) is 6.08. The van der Waals surface area contributed by atoms with Gasteiger partial charge in [0.2, 0.25) is 5.82 Å². The number of aromatic nitrogens is 3. The van der Waals surface area contributed by atoms with Gasteiger partial charge in [0, 0.05) is 31.6 Å². The van der Waals surface area contributed by atoms with Crippen molar-refractivity contribution >= 4 is 5.91 Å². The summed E-state index contributed by atoms with van der Waals surface area (Å²) in [7, 11) is 0. The van der Waals surface area contributed by atoms with Crippen LogP contribution in [0.4, 0.5) is 0 Å². The van der Waals surface area contributed by atoms with Crippen LogP contribution in [-0.2, 0) is 6.42 Å². The molecule has 0 spiro atoms. The lowest BCUT2D eigenvalue weighted by molar-refractivity contribution is 0.0532. The summed E-state index contributed by atoms with van der Waals surface area (Å²) in [6.45, 7) is 7.69. The minimum Gasteiger partial charge on any atom is -0.328 e.